The Morgan fingerprint density at radius 2 is 2.05 bits per heavy atom. The molecule has 0 saturated heterocycles. The van der Waals surface area contributed by atoms with Crippen LogP contribution in [0, 0.1) is 11.3 Å². The fourth-order valence-corrected chi connectivity index (χ4v) is 3.85. The first-order chi connectivity index (χ1) is 10.8. The van der Waals surface area contributed by atoms with Crippen LogP contribution in [0.25, 0.3) is 0 Å². The van der Waals surface area contributed by atoms with Crippen LogP contribution in [0.2, 0.25) is 0 Å². The van der Waals surface area contributed by atoms with Crippen molar-refractivity contribution in [2.75, 3.05) is 14.2 Å². The normalized spacial score (nSPS) is 13.1. The number of aliphatic imine (C=N–C) groups is 1. The zero-order valence-corrected chi connectivity index (χ0v) is 13.4. The number of hydrogen-bond donors (Lipinski definition) is 0. The SMILES string of the molecule is COc1ccc(C=Nc2sc3c(c2C#N)CCC3)cc1OC. The summed E-state index contributed by atoms with van der Waals surface area (Å²) in [6.07, 6.45) is 4.99. The Morgan fingerprint density at radius 3 is 2.77 bits per heavy atom. The van der Waals surface area contributed by atoms with Gasteiger partial charge in [0.2, 0.25) is 0 Å². The molecule has 0 aliphatic heterocycles. The van der Waals surface area contributed by atoms with E-state index in [1.165, 1.54) is 10.4 Å². The molecule has 4 nitrogen and oxygen atoms in total. The van der Waals surface area contributed by atoms with E-state index in [2.05, 4.69) is 11.1 Å². The van der Waals surface area contributed by atoms with Crippen molar-refractivity contribution < 1.29 is 9.47 Å². The number of methoxy groups -OCH3 is 2. The lowest BCUT2D eigenvalue weighted by Crippen LogP contribution is -1.91. The molecule has 0 amide bonds. The summed E-state index contributed by atoms with van der Waals surface area (Å²) in [5.41, 5.74) is 2.86. The molecule has 5 heteroatoms. The van der Waals surface area contributed by atoms with Gasteiger partial charge in [-0.2, -0.15) is 5.26 Å². The highest BCUT2D eigenvalue weighted by Crippen LogP contribution is 2.40. The number of rotatable bonds is 4. The molecule has 1 aromatic heterocycles. The number of aryl methyl sites for hydroxylation is 1. The highest BCUT2D eigenvalue weighted by atomic mass is 32.1. The maximum Gasteiger partial charge on any atom is 0.161 e. The standard InChI is InChI=1S/C17H16N2O2S/c1-20-14-7-6-11(8-15(14)21-2)10-19-17-13(9-18)12-4-3-5-16(12)22-17/h6-8,10H,3-5H2,1-2H3. The van der Waals surface area contributed by atoms with Crippen molar-refractivity contribution in [3.63, 3.8) is 0 Å². The van der Waals surface area contributed by atoms with Gasteiger partial charge in [-0.25, -0.2) is 4.99 Å². The summed E-state index contributed by atoms with van der Waals surface area (Å²) < 4.78 is 10.5. The fraction of sp³-hybridized carbons (Fsp3) is 0.294. The third-order valence-corrected chi connectivity index (χ3v) is 4.95. The molecule has 0 unspecified atom stereocenters. The quantitative estimate of drug-likeness (QED) is 0.805. The summed E-state index contributed by atoms with van der Waals surface area (Å²) in [6, 6.07) is 7.94. The molecule has 1 aliphatic carbocycles. The predicted octanol–water partition coefficient (Wildman–Crippen LogP) is 3.88. The third kappa shape index (κ3) is 2.58. The predicted molar refractivity (Wildman–Crippen MR) is 87.9 cm³/mol. The van der Waals surface area contributed by atoms with Gasteiger partial charge in [-0.1, -0.05) is 0 Å². The second-order valence-electron chi connectivity index (χ2n) is 5.02. The lowest BCUT2D eigenvalue weighted by molar-refractivity contribution is 0.355. The van der Waals surface area contributed by atoms with Crippen molar-refractivity contribution in [3.8, 4) is 17.6 Å². The van der Waals surface area contributed by atoms with Crippen LogP contribution in [0.15, 0.2) is 23.2 Å². The fourth-order valence-electron chi connectivity index (χ4n) is 2.66. The van der Waals surface area contributed by atoms with Crippen molar-refractivity contribution in [2.45, 2.75) is 19.3 Å². The second-order valence-corrected chi connectivity index (χ2v) is 6.11. The van der Waals surface area contributed by atoms with Gasteiger partial charge in [-0.3, -0.25) is 0 Å². The molecule has 0 atom stereocenters. The minimum absolute atomic E-state index is 0.667. The molecule has 0 spiro atoms. The molecule has 1 aromatic carbocycles. The summed E-state index contributed by atoms with van der Waals surface area (Å²) in [7, 11) is 3.22. The average molecular weight is 312 g/mol. The summed E-state index contributed by atoms with van der Waals surface area (Å²) >= 11 is 1.63. The Balaban J connectivity index is 1.91. The van der Waals surface area contributed by atoms with E-state index in [1.54, 1.807) is 31.8 Å². The molecule has 0 fully saturated rings. The number of fused-ring (bicyclic) bond motifs is 1. The Hall–Kier alpha value is -2.32. The van der Waals surface area contributed by atoms with E-state index >= 15 is 0 Å². The van der Waals surface area contributed by atoms with Crippen molar-refractivity contribution in [1.82, 2.24) is 0 Å². The smallest absolute Gasteiger partial charge is 0.161 e. The van der Waals surface area contributed by atoms with Gasteiger partial charge in [0, 0.05) is 11.1 Å². The Morgan fingerprint density at radius 1 is 1.23 bits per heavy atom. The number of benzene rings is 1. The largest absolute Gasteiger partial charge is 0.493 e. The van der Waals surface area contributed by atoms with Gasteiger partial charge in [0.15, 0.2) is 11.5 Å². The van der Waals surface area contributed by atoms with Crippen LogP contribution < -0.4 is 9.47 Å². The molecule has 0 bridgehead atoms. The van der Waals surface area contributed by atoms with E-state index in [4.69, 9.17) is 9.47 Å². The number of hydrogen-bond acceptors (Lipinski definition) is 5. The van der Waals surface area contributed by atoms with E-state index in [1.807, 2.05) is 18.2 Å². The van der Waals surface area contributed by atoms with Gasteiger partial charge >= 0.3 is 0 Å². The van der Waals surface area contributed by atoms with Gasteiger partial charge in [0.25, 0.3) is 0 Å². The molecule has 1 aliphatic rings. The molecular formula is C17H16N2O2S. The molecule has 3 rings (SSSR count). The number of thiophene rings is 1. The van der Waals surface area contributed by atoms with Crippen LogP contribution in [0.5, 0.6) is 11.5 Å². The van der Waals surface area contributed by atoms with E-state index in [0.717, 1.165) is 35.4 Å². The van der Waals surface area contributed by atoms with E-state index in [0.29, 0.717) is 11.5 Å². The van der Waals surface area contributed by atoms with E-state index in [-0.39, 0.29) is 0 Å². The van der Waals surface area contributed by atoms with Gasteiger partial charge in [-0.15, -0.1) is 11.3 Å². The van der Waals surface area contributed by atoms with Crippen molar-refractivity contribution in [3.05, 3.63) is 39.8 Å². The van der Waals surface area contributed by atoms with Crippen LogP contribution in [0.4, 0.5) is 5.00 Å². The summed E-state index contributed by atoms with van der Waals surface area (Å²) in [4.78, 5) is 5.83. The van der Waals surface area contributed by atoms with Crippen LogP contribution >= 0.6 is 11.3 Å². The highest BCUT2D eigenvalue weighted by Gasteiger charge is 2.21. The number of ether oxygens (including phenoxy) is 2. The lowest BCUT2D eigenvalue weighted by Gasteiger charge is -2.07. The zero-order chi connectivity index (χ0) is 15.5. The maximum absolute atomic E-state index is 9.37. The Labute approximate surface area is 133 Å². The summed E-state index contributed by atoms with van der Waals surface area (Å²) in [5, 5.41) is 10.2. The van der Waals surface area contributed by atoms with Gasteiger partial charge < -0.3 is 9.47 Å². The van der Waals surface area contributed by atoms with Crippen molar-refractivity contribution in [2.24, 2.45) is 4.99 Å². The van der Waals surface area contributed by atoms with Crippen LogP contribution in [0.1, 0.15) is 28.0 Å². The first kappa shape index (κ1) is 14.6. The minimum Gasteiger partial charge on any atom is -0.493 e. The maximum atomic E-state index is 9.37. The van der Waals surface area contributed by atoms with Crippen molar-refractivity contribution >= 4 is 22.6 Å². The second kappa shape index (κ2) is 6.20. The lowest BCUT2D eigenvalue weighted by atomic mass is 10.1. The molecule has 0 saturated carbocycles. The summed E-state index contributed by atoms with van der Waals surface area (Å²) in [6.45, 7) is 0. The summed E-state index contributed by atoms with van der Waals surface area (Å²) in [5.74, 6) is 1.35. The first-order valence-corrected chi connectivity index (χ1v) is 7.89. The van der Waals surface area contributed by atoms with Crippen molar-refractivity contribution in [1.29, 1.82) is 5.26 Å². The minimum atomic E-state index is 0.667. The van der Waals surface area contributed by atoms with Gasteiger partial charge in [0.05, 0.1) is 19.8 Å². The molecule has 22 heavy (non-hydrogen) atoms. The topological polar surface area (TPSA) is 54.6 Å². The molecule has 2 aromatic rings. The number of nitriles is 1. The Bertz CT molecular complexity index is 772. The first-order valence-electron chi connectivity index (χ1n) is 7.07. The molecule has 112 valence electrons. The van der Waals surface area contributed by atoms with E-state index in [9.17, 15) is 5.26 Å². The average Bonchev–Trinajstić information content (AvgIpc) is 3.12. The monoisotopic (exact) mass is 312 g/mol. The Kier molecular flexibility index (Phi) is 4.12. The molecule has 1 heterocycles. The van der Waals surface area contributed by atoms with Crippen LogP contribution in [-0.4, -0.2) is 20.4 Å². The molecule has 0 radical (unpaired) electrons. The van der Waals surface area contributed by atoms with Gasteiger partial charge in [-0.05, 0) is 48.6 Å². The highest BCUT2D eigenvalue weighted by molar-refractivity contribution is 7.16. The van der Waals surface area contributed by atoms with Crippen LogP contribution in [0.3, 0.4) is 0 Å². The third-order valence-electron chi connectivity index (χ3n) is 3.75. The molecular weight excluding hydrogens is 296 g/mol. The van der Waals surface area contributed by atoms with E-state index < -0.39 is 0 Å². The van der Waals surface area contributed by atoms with Crippen LogP contribution in [-0.2, 0) is 12.8 Å². The molecule has 0 N–H and O–H groups in total. The zero-order valence-electron chi connectivity index (χ0n) is 12.5. The van der Waals surface area contributed by atoms with Gasteiger partial charge in [0.1, 0.15) is 11.1 Å². The number of nitrogens with zero attached hydrogens (tertiary/aromatic N) is 2.